The van der Waals surface area contributed by atoms with E-state index < -0.39 is 5.41 Å². The van der Waals surface area contributed by atoms with Crippen LogP contribution in [0.2, 0.25) is 0 Å². The molecule has 4 heterocycles. The zero-order chi connectivity index (χ0) is 18.6. The SMILES string of the molecule is COCCC1CC2CN3CC=C4C(=Nc5ccccc54)[C@@](C(=O)OC)(C2)C13. The fourth-order valence-electron chi connectivity index (χ4n) is 6.13. The third kappa shape index (κ3) is 2.31. The highest BCUT2D eigenvalue weighted by atomic mass is 16.5. The zero-order valence-corrected chi connectivity index (χ0v) is 16.0. The van der Waals surface area contributed by atoms with Gasteiger partial charge >= 0.3 is 5.97 Å². The van der Waals surface area contributed by atoms with E-state index in [4.69, 9.17) is 14.5 Å². The summed E-state index contributed by atoms with van der Waals surface area (Å²) in [6.45, 7) is 2.66. The van der Waals surface area contributed by atoms with Crippen LogP contribution < -0.4 is 0 Å². The minimum atomic E-state index is -0.671. The highest BCUT2D eigenvalue weighted by Gasteiger charge is 2.64. The topological polar surface area (TPSA) is 51.1 Å². The number of fused-ring (bicyclic) bond motifs is 4. The van der Waals surface area contributed by atoms with Crippen LogP contribution in [0.5, 0.6) is 0 Å². The van der Waals surface area contributed by atoms with Crippen molar-refractivity contribution in [2.24, 2.45) is 22.2 Å². The van der Waals surface area contributed by atoms with Gasteiger partial charge in [0, 0.05) is 44.0 Å². The molecule has 4 aliphatic heterocycles. The molecule has 5 nitrogen and oxygen atoms in total. The molecule has 5 heteroatoms. The Morgan fingerprint density at radius 2 is 2.19 bits per heavy atom. The van der Waals surface area contributed by atoms with Crippen molar-refractivity contribution < 1.29 is 14.3 Å². The lowest BCUT2D eigenvalue weighted by Crippen LogP contribution is -2.67. The predicted molar refractivity (Wildman–Crippen MR) is 104 cm³/mol. The number of allylic oxidation sites excluding steroid dienone is 1. The first-order valence-electron chi connectivity index (χ1n) is 9.89. The lowest BCUT2D eigenvalue weighted by molar-refractivity contribution is -0.164. The van der Waals surface area contributed by atoms with E-state index in [-0.39, 0.29) is 12.0 Å². The van der Waals surface area contributed by atoms with E-state index in [0.717, 1.165) is 55.1 Å². The van der Waals surface area contributed by atoms with Crippen molar-refractivity contribution >= 4 is 22.9 Å². The molecule has 1 aromatic rings. The first-order valence-corrected chi connectivity index (χ1v) is 9.89. The summed E-state index contributed by atoms with van der Waals surface area (Å²) >= 11 is 0. The number of carbonyl (C=O) groups is 1. The second kappa shape index (κ2) is 6.28. The normalized spacial score (nSPS) is 35.6. The van der Waals surface area contributed by atoms with Crippen molar-refractivity contribution in [3.05, 3.63) is 35.9 Å². The smallest absolute Gasteiger partial charge is 0.319 e. The summed E-state index contributed by atoms with van der Waals surface area (Å²) in [5.74, 6) is 0.800. The highest BCUT2D eigenvalue weighted by Crippen LogP contribution is 2.57. The van der Waals surface area contributed by atoms with Gasteiger partial charge in [-0.15, -0.1) is 0 Å². The van der Waals surface area contributed by atoms with Gasteiger partial charge < -0.3 is 9.47 Å². The van der Waals surface area contributed by atoms with Crippen LogP contribution in [-0.4, -0.2) is 56.5 Å². The average molecular weight is 366 g/mol. The number of hydrogen-bond acceptors (Lipinski definition) is 5. The van der Waals surface area contributed by atoms with Crippen LogP contribution in [-0.2, 0) is 14.3 Å². The molecule has 27 heavy (non-hydrogen) atoms. The molecule has 1 aromatic carbocycles. The maximum Gasteiger partial charge on any atom is 0.319 e. The van der Waals surface area contributed by atoms with Crippen LogP contribution in [0.15, 0.2) is 35.3 Å². The molecule has 3 fully saturated rings. The van der Waals surface area contributed by atoms with E-state index in [1.807, 2.05) is 18.2 Å². The molecule has 0 spiro atoms. The second-order valence-corrected chi connectivity index (χ2v) is 8.30. The Hall–Kier alpha value is -1.98. The summed E-state index contributed by atoms with van der Waals surface area (Å²) in [7, 11) is 3.27. The van der Waals surface area contributed by atoms with Crippen molar-refractivity contribution in [1.29, 1.82) is 0 Å². The predicted octanol–water partition coefficient (Wildman–Crippen LogP) is 3.08. The average Bonchev–Trinajstić information content (AvgIpc) is 3.04. The lowest BCUT2D eigenvalue weighted by Gasteiger charge is -2.58. The molecule has 6 rings (SSSR count). The molecule has 142 valence electrons. The number of esters is 1. The van der Waals surface area contributed by atoms with Gasteiger partial charge in [-0.1, -0.05) is 24.3 Å². The Morgan fingerprint density at radius 3 is 3.00 bits per heavy atom. The molecule has 4 bridgehead atoms. The quantitative estimate of drug-likeness (QED) is 0.769. The summed E-state index contributed by atoms with van der Waals surface area (Å²) in [4.78, 5) is 20.9. The molecule has 1 saturated carbocycles. The molecule has 0 N–H and O–H groups in total. The van der Waals surface area contributed by atoms with E-state index in [1.54, 1.807) is 7.11 Å². The van der Waals surface area contributed by atoms with Crippen LogP contribution >= 0.6 is 0 Å². The first-order chi connectivity index (χ1) is 13.2. The fourth-order valence-corrected chi connectivity index (χ4v) is 6.13. The minimum absolute atomic E-state index is 0.122. The fraction of sp³-hybridized carbons (Fsp3) is 0.545. The van der Waals surface area contributed by atoms with Gasteiger partial charge in [0.15, 0.2) is 0 Å². The van der Waals surface area contributed by atoms with Crippen LogP contribution in [0.4, 0.5) is 5.69 Å². The second-order valence-electron chi connectivity index (χ2n) is 8.30. The summed E-state index contributed by atoms with van der Waals surface area (Å²) in [5, 5.41) is 0. The van der Waals surface area contributed by atoms with Gasteiger partial charge in [-0.05, 0) is 37.2 Å². The molecule has 0 aromatic heterocycles. The number of rotatable bonds is 4. The van der Waals surface area contributed by atoms with Crippen LogP contribution in [0.1, 0.15) is 24.8 Å². The molecule has 5 aliphatic rings. The van der Waals surface area contributed by atoms with Gasteiger partial charge in [0.25, 0.3) is 0 Å². The molecular formula is C22H26N2O3. The Balaban J connectivity index is 1.68. The number of piperidine rings is 2. The van der Waals surface area contributed by atoms with E-state index >= 15 is 0 Å². The van der Waals surface area contributed by atoms with Gasteiger partial charge in [0.1, 0.15) is 5.41 Å². The van der Waals surface area contributed by atoms with Crippen molar-refractivity contribution in [2.45, 2.75) is 25.3 Å². The van der Waals surface area contributed by atoms with Gasteiger partial charge in [0.05, 0.1) is 18.5 Å². The minimum Gasteiger partial charge on any atom is -0.468 e. The first kappa shape index (κ1) is 17.1. The molecule has 4 unspecified atom stereocenters. The number of ether oxygens (including phenoxy) is 2. The Labute approximate surface area is 160 Å². The number of hydrogen-bond donors (Lipinski definition) is 0. The summed E-state index contributed by atoms with van der Waals surface area (Å²) < 4.78 is 10.8. The number of methoxy groups -OCH3 is 2. The maximum atomic E-state index is 13.4. The monoisotopic (exact) mass is 366 g/mol. The third-order valence-corrected chi connectivity index (χ3v) is 6.96. The van der Waals surface area contributed by atoms with Gasteiger partial charge in [-0.2, -0.15) is 0 Å². The number of carbonyl (C=O) groups excluding carboxylic acids is 1. The van der Waals surface area contributed by atoms with E-state index in [0.29, 0.717) is 11.8 Å². The van der Waals surface area contributed by atoms with Crippen molar-refractivity contribution in [3.8, 4) is 0 Å². The van der Waals surface area contributed by atoms with Crippen LogP contribution in [0, 0.1) is 17.3 Å². The number of para-hydroxylation sites is 1. The number of nitrogens with zero attached hydrogens (tertiary/aromatic N) is 2. The highest BCUT2D eigenvalue weighted by molar-refractivity contribution is 6.36. The zero-order valence-electron chi connectivity index (χ0n) is 16.0. The summed E-state index contributed by atoms with van der Waals surface area (Å²) in [6, 6.07) is 8.36. The molecule has 2 saturated heterocycles. The standard InChI is InChI=1S/C22H26N2O3/c1-26-10-8-15-11-14-12-22(21(25)27-2)19-17(7-9-24(13-14)20(15)22)16-5-3-4-6-18(16)23-19/h3-7,14-15,20H,8-13H2,1-2H3/t14?,15?,20?,22-/m0/s1. The van der Waals surface area contributed by atoms with Crippen molar-refractivity contribution in [1.82, 2.24) is 4.90 Å². The number of aliphatic imine (C=N–C) groups is 1. The largest absolute Gasteiger partial charge is 0.468 e. The van der Waals surface area contributed by atoms with Crippen molar-refractivity contribution in [2.75, 3.05) is 33.9 Å². The summed E-state index contributed by atoms with van der Waals surface area (Å²) in [5.41, 5.74) is 3.53. The van der Waals surface area contributed by atoms with E-state index in [2.05, 4.69) is 17.0 Å². The summed E-state index contributed by atoms with van der Waals surface area (Å²) in [6.07, 6.45) is 5.26. The van der Waals surface area contributed by atoms with Crippen LogP contribution in [0.25, 0.3) is 5.57 Å². The molecular weight excluding hydrogens is 340 g/mol. The number of benzene rings is 1. The van der Waals surface area contributed by atoms with Gasteiger partial charge in [-0.25, -0.2) is 0 Å². The third-order valence-electron chi connectivity index (χ3n) is 6.96. The van der Waals surface area contributed by atoms with E-state index in [1.165, 1.54) is 13.5 Å². The molecule has 1 aliphatic carbocycles. The maximum absolute atomic E-state index is 13.4. The van der Waals surface area contributed by atoms with Crippen molar-refractivity contribution in [3.63, 3.8) is 0 Å². The lowest BCUT2D eigenvalue weighted by atomic mass is 9.55. The molecule has 0 amide bonds. The Morgan fingerprint density at radius 1 is 1.33 bits per heavy atom. The van der Waals surface area contributed by atoms with Gasteiger partial charge in [-0.3, -0.25) is 14.7 Å². The Bertz CT molecular complexity index is 846. The van der Waals surface area contributed by atoms with Crippen LogP contribution in [0.3, 0.4) is 0 Å². The van der Waals surface area contributed by atoms with E-state index in [9.17, 15) is 4.79 Å². The van der Waals surface area contributed by atoms with Gasteiger partial charge in [0.2, 0.25) is 0 Å². The molecule has 5 atom stereocenters. The Kier molecular flexibility index (Phi) is 3.99. The molecule has 0 radical (unpaired) electrons.